The maximum atomic E-state index is 12.6. The highest BCUT2D eigenvalue weighted by molar-refractivity contribution is 5.81. The minimum atomic E-state index is -0.479. The number of fused-ring (bicyclic) bond motifs is 1. The Morgan fingerprint density at radius 1 is 1.04 bits per heavy atom. The van der Waals surface area contributed by atoms with Gasteiger partial charge in [-0.2, -0.15) is 0 Å². The van der Waals surface area contributed by atoms with Crippen molar-refractivity contribution in [3.05, 3.63) is 54.1 Å². The fraction of sp³-hybridized carbons (Fsp3) is 0.381. The van der Waals surface area contributed by atoms with Gasteiger partial charge in [0.25, 0.3) is 5.91 Å². The molecule has 2 heterocycles. The average molecular weight is 368 g/mol. The highest BCUT2D eigenvalue weighted by Crippen LogP contribution is 2.32. The van der Waals surface area contributed by atoms with Crippen molar-refractivity contribution in [1.29, 1.82) is 0 Å². The Balaban J connectivity index is 1.27. The number of carbonyl (C=O) groups is 1. The van der Waals surface area contributed by atoms with Crippen LogP contribution in [0, 0.1) is 0 Å². The summed E-state index contributed by atoms with van der Waals surface area (Å²) in [4.78, 5) is 16.9. The van der Waals surface area contributed by atoms with Crippen molar-refractivity contribution < 1.29 is 19.0 Å². The monoisotopic (exact) mass is 368 g/mol. The second-order valence-electron chi connectivity index (χ2n) is 6.86. The highest BCUT2D eigenvalue weighted by atomic mass is 16.7. The maximum Gasteiger partial charge on any atom is 0.263 e. The number of nitrogens with zero attached hydrogens (tertiary/aromatic N) is 2. The number of ether oxygens (including phenoxy) is 3. The van der Waals surface area contributed by atoms with E-state index < -0.39 is 6.10 Å². The second-order valence-corrected chi connectivity index (χ2v) is 6.86. The second kappa shape index (κ2) is 7.88. The zero-order chi connectivity index (χ0) is 18.6. The van der Waals surface area contributed by atoms with E-state index in [1.165, 1.54) is 5.56 Å². The number of rotatable bonds is 5. The Hall–Kier alpha value is -2.73. The SMILES string of the molecule is C[C@H](Oc1ccccc1)C(=O)N1CCN(Cc2ccc3c(c2)OCO3)CC1. The quantitative estimate of drug-likeness (QED) is 0.812. The molecule has 142 valence electrons. The van der Waals surface area contributed by atoms with Crippen LogP contribution in [0.2, 0.25) is 0 Å². The van der Waals surface area contributed by atoms with E-state index in [-0.39, 0.29) is 5.91 Å². The molecule has 0 N–H and O–H groups in total. The van der Waals surface area contributed by atoms with Crippen LogP contribution < -0.4 is 14.2 Å². The van der Waals surface area contributed by atoms with Gasteiger partial charge in [0.05, 0.1) is 0 Å². The summed E-state index contributed by atoms with van der Waals surface area (Å²) in [7, 11) is 0. The van der Waals surface area contributed by atoms with Gasteiger partial charge in [-0.1, -0.05) is 24.3 Å². The van der Waals surface area contributed by atoms with Gasteiger partial charge in [0.2, 0.25) is 6.79 Å². The molecule has 0 saturated carbocycles. The van der Waals surface area contributed by atoms with Crippen LogP contribution in [0.4, 0.5) is 0 Å². The van der Waals surface area contributed by atoms with Crippen LogP contribution in [-0.2, 0) is 11.3 Å². The molecule has 1 saturated heterocycles. The van der Waals surface area contributed by atoms with E-state index in [1.807, 2.05) is 54.3 Å². The summed E-state index contributed by atoms with van der Waals surface area (Å²) in [6, 6.07) is 15.5. The summed E-state index contributed by atoms with van der Waals surface area (Å²) >= 11 is 0. The molecule has 2 aromatic rings. The lowest BCUT2D eigenvalue weighted by molar-refractivity contribution is -0.139. The van der Waals surface area contributed by atoms with Crippen LogP contribution in [0.3, 0.4) is 0 Å². The lowest BCUT2D eigenvalue weighted by Gasteiger charge is -2.35. The van der Waals surface area contributed by atoms with Crippen LogP contribution >= 0.6 is 0 Å². The van der Waals surface area contributed by atoms with E-state index in [0.717, 1.165) is 36.9 Å². The van der Waals surface area contributed by atoms with Gasteiger partial charge >= 0.3 is 0 Å². The van der Waals surface area contributed by atoms with Crippen molar-refractivity contribution in [3.8, 4) is 17.2 Å². The average Bonchev–Trinajstić information content (AvgIpc) is 3.16. The summed E-state index contributed by atoms with van der Waals surface area (Å²) in [6.07, 6.45) is -0.479. The first-order valence-electron chi connectivity index (χ1n) is 9.30. The molecule has 0 aliphatic carbocycles. The zero-order valence-electron chi connectivity index (χ0n) is 15.5. The molecule has 2 aliphatic heterocycles. The lowest BCUT2D eigenvalue weighted by atomic mass is 10.1. The molecule has 0 aromatic heterocycles. The summed E-state index contributed by atoms with van der Waals surface area (Å²) in [5, 5.41) is 0. The number of amides is 1. The van der Waals surface area contributed by atoms with E-state index in [9.17, 15) is 4.79 Å². The molecule has 2 aromatic carbocycles. The number of hydrogen-bond acceptors (Lipinski definition) is 5. The third-order valence-electron chi connectivity index (χ3n) is 4.93. The van der Waals surface area contributed by atoms with Crippen LogP contribution in [0.1, 0.15) is 12.5 Å². The smallest absolute Gasteiger partial charge is 0.263 e. The Labute approximate surface area is 159 Å². The van der Waals surface area contributed by atoms with Crippen LogP contribution in [0.5, 0.6) is 17.2 Å². The van der Waals surface area contributed by atoms with Gasteiger partial charge in [-0.05, 0) is 36.8 Å². The van der Waals surface area contributed by atoms with Gasteiger partial charge in [-0.15, -0.1) is 0 Å². The molecule has 0 bridgehead atoms. The van der Waals surface area contributed by atoms with Crippen molar-refractivity contribution in [2.24, 2.45) is 0 Å². The van der Waals surface area contributed by atoms with Crippen LogP contribution in [0.25, 0.3) is 0 Å². The number of carbonyl (C=O) groups excluding carboxylic acids is 1. The van der Waals surface area contributed by atoms with Gasteiger partial charge < -0.3 is 19.1 Å². The number of piperazine rings is 1. The molecule has 4 rings (SSSR count). The van der Waals surface area contributed by atoms with E-state index in [4.69, 9.17) is 14.2 Å². The molecule has 6 nitrogen and oxygen atoms in total. The summed E-state index contributed by atoms with van der Waals surface area (Å²) in [6.45, 7) is 6.07. The largest absolute Gasteiger partial charge is 0.481 e. The molecule has 1 atom stereocenters. The molecular weight excluding hydrogens is 344 g/mol. The molecule has 0 radical (unpaired) electrons. The first-order valence-corrected chi connectivity index (χ1v) is 9.30. The van der Waals surface area contributed by atoms with E-state index in [2.05, 4.69) is 11.0 Å². The van der Waals surface area contributed by atoms with Crippen molar-refractivity contribution >= 4 is 5.91 Å². The first-order chi connectivity index (χ1) is 13.2. The molecule has 0 spiro atoms. The number of para-hydroxylation sites is 1. The summed E-state index contributed by atoms with van der Waals surface area (Å²) < 4.78 is 16.6. The van der Waals surface area contributed by atoms with Crippen molar-refractivity contribution in [1.82, 2.24) is 9.80 Å². The van der Waals surface area contributed by atoms with Gasteiger partial charge in [-0.3, -0.25) is 9.69 Å². The minimum Gasteiger partial charge on any atom is -0.481 e. The van der Waals surface area contributed by atoms with Gasteiger partial charge in [0.1, 0.15) is 5.75 Å². The lowest BCUT2D eigenvalue weighted by Crippen LogP contribution is -2.51. The van der Waals surface area contributed by atoms with E-state index in [1.54, 1.807) is 0 Å². The Morgan fingerprint density at radius 2 is 1.78 bits per heavy atom. The Morgan fingerprint density at radius 3 is 2.56 bits per heavy atom. The van der Waals surface area contributed by atoms with Crippen molar-refractivity contribution in [2.45, 2.75) is 19.6 Å². The topological polar surface area (TPSA) is 51.2 Å². The third-order valence-corrected chi connectivity index (χ3v) is 4.93. The van der Waals surface area contributed by atoms with Crippen molar-refractivity contribution in [2.75, 3.05) is 33.0 Å². The minimum absolute atomic E-state index is 0.0431. The van der Waals surface area contributed by atoms with Crippen LogP contribution in [-0.4, -0.2) is 54.8 Å². The van der Waals surface area contributed by atoms with Gasteiger partial charge in [-0.25, -0.2) is 0 Å². The normalized spacial score (nSPS) is 17.6. The first kappa shape index (κ1) is 17.7. The fourth-order valence-electron chi connectivity index (χ4n) is 3.43. The predicted octanol–water partition coefficient (Wildman–Crippen LogP) is 2.53. The maximum absolute atomic E-state index is 12.6. The standard InChI is InChI=1S/C21H24N2O4/c1-16(27-18-5-3-2-4-6-18)21(24)23-11-9-22(10-12-23)14-17-7-8-19-20(13-17)26-15-25-19/h2-8,13,16H,9-12,14-15H2,1H3/t16-/m0/s1. The zero-order valence-corrected chi connectivity index (χ0v) is 15.5. The molecule has 6 heteroatoms. The third kappa shape index (κ3) is 4.17. The molecule has 1 amide bonds. The summed E-state index contributed by atoms with van der Waals surface area (Å²) in [5.41, 5.74) is 1.19. The van der Waals surface area contributed by atoms with Gasteiger partial charge in [0.15, 0.2) is 17.6 Å². The Bertz CT molecular complexity index is 788. The fourth-order valence-corrected chi connectivity index (χ4v) is 3.43. The molecule has 1 fully saturated rings. The highest BCUT2D eigenvalue weighted by Gasteiger charge is 2.26. The van der Waals surface area contributed by atoms with Gasteiger partial charge in [0, 0.05) is 32.7 Å². The van der Waals surface area contributed by atoms with E-state index >= 15 is 0 Å². The molecule has 2 aliphatic rings. The molecule has 27 heavy (non-hydrogen) atoms. The number of benzene rings is 2. The summed E-state index contributed by atoms with van der Waals surface area (Å²) in [5.74, 6) is 2.39. The Kier molecular flexibility index (Phi) is 5.16. The van der Waals surface area contributed by atoms with Crippen molar-refractivity contribution in [3.63, 3.8) is 0 Å². The van der Waals surface area contributed by atoms with E-state index in [0.29, 0.717) is 19.9 Å². The van der Waals surface area contributed by atoms with Crippen LogP contribution in [0.15, 0.2) is 48.5 Å². The molecule has 0 unspecified atom stereocenters. The number of hydrogen-bond donors (Lipinski definition) is 0. The molecular formula is C21H24N2O4. The predicted molar refractivity (Wildman–Crippen MR) is 101 cm³/mol.